The van der Waals surface area contributed by atoms with Gasteiger partial charge in [-0.15, -0.1) is 0 Å². The molecule has 4 heteroatoms. The van der Waals surface area contributed by atoms with E-state index in [1.807, 2.05) is 37.3 Å². The topological polar surface area (TPSA) is 58.2 Å². The highest BCUT2D eigenvalue weighted by Gasteiger charge is 2.09. The Kier molecular flexibility index (Phi) is 3.85. The van der Waals surface area contributed by atoms with Crippen molar-refractivity contribution in [2.24, 2.45) is 0 Å². The molecule has 2 N–H and O–H groups in total. The van der Waals surface area contributed by atoms with Crippen LogP contribution in [0.1, 0.15) is 25.5 Å². The van der Waals surface area contributed by atoms with Gasteiger partial charge in [-0.1, -0.05) is 30.3 Å². The summed E-state index contributed by atoms with van der Waals surface area (Å²) in [6, 6.07) is 8.94. The Morgan fingerprint density at radius 1 is 1.20 bits per heavy atom. The number of hydrogen-bond acceptors (Lipinski definition) is 2. The van der Waals surface area contributed by atoms with E-state index in [2.05, 4.69) is 10.6 Å². The van der Waals surface area contributed by atoms with Gasteiger partial charge in [-0.3, -0.25) is 10.1 Å². The van der Waals surface area contributed by atoms with Crippen molar-refractivity contribution in [2.45, 2.75) is 19.9 Å². The second-order valence-electron chi connectivity index (χ2n) is 3.29. The smallest absolute Gasteiger partial charge is 0.321 e. The van der Waals surface area contributed by atoms with Gasteiger partial charge in [0.05, 0.1) is 6.04 Å². The molecule has 0 heterocycles. The summed E-state index contributed by atoms with van der Waals surface area (Å²) in [5.41, 5.74) is 0.996. The lowest BCUT2D eigenvalue weighted by Crippen LogP contribution is -2.39. The Labute approximate surface area is 88.7 Å². The Morgan fingerprint density at radius 2 is 1.80 bits per heavy atom. The fourth-order valence-electron chi connectivity index (χ4n) is 1.22. The molecule has 0 aliphatic rings. The van der Waals surface area contributed by atoms with Crippen LogP contribution < -0.4 is 10.6 Å². The molecule has 4 nitrogen and oxygen atoms in total. The number of carbonyl (C=O) groups excluding carboxylic acids is 2. The molecule has 0 radical (unpaired) electrons. The minimum Gasteiger partial charge on any atom is -0.331 e. The van der Waals surface area contributed by atoms with E-state index in [4.69, 9.17) is 0 Å². The molecular formula is C11H14N2O2. The summed E-state index contributed by atoms with van der Waals surface area (Å²) in [6.07, 6.45) is 0. The predicted molar refractivity (Wildman–Crippen MR) is 57.2 cm³/mol. The first kappa shape index (κ1) is 11.2. The highest BCUT2D eigenvalue weighted by atomic mass is 16.2. The average molecular weight is 206 g/mol. The first-order valence-corrected chi connectivity index (χ1v) is 4.72. The van der Waals surface area contributed by atoms with E-state index in [-0.39, 0.29) is 11.9 Å². The van der Waals surface area contributed by atoms with Crippen LogP contribution >= 0.6 is 0 Å². The van der Waals surface area contributed by atoms with Gasteiger partial charge < -0.3 is 5.32 Å². The standard InChI is InChI=1S/C11H14N2O2/c1-8(10-6-4-3-5-7-10)12-11(15)13-9(2)14/h3-8H,1-2H3,(H2,12,13,14,15)/t8-/m0/s1. The normalized spacial score (nSPS) is 11.6. The molecule has 1 aromatic carbocycles. The van der Waals surface area contributed by atoms with Crippen LogP contribution in [0.25, 0.3) is 0 Å². The molecule has 80 valence electrons. The maximum atomic E-state index is 11.2. The van der Waals surface area contributed by atoms with Gasteiger partial charge in [-0.05, 0) is 12.5 Å². The van der Waals surface area contributed by atoms with Crippen molar-refractivity contribution in [2.75, 3.05) is 0 Å². The highest BCUT2D eigenvalue weighted by Crippen LogP contribution is 2.10. The maximum absolute atomic E-state index is 11.2. The first-order chi connectivity index (χ1) is 7.09. The Hall–Kier alpha value is -1.84. The van der Waals surface area contributed by atoms with Gasteiger partial charge in [0.2, 0.25) is 5.91 Å². The second-order valence-corrected chi connectivity index (χ2v) is 3.29. The summed E-state index contributed by atoms with van der Waals surface area (Å²) >= 11 is 0. The van der Waals surface area contributed by atoms with Gasteiger partial charge in [0.25, 0.3) is 0 Å². The van der Waals surface area contributed by atoms with Crippen molar-refractivity contribution in [3.63, 3.8) is 0 Å². The van der Waals surface area contributed by atoms with E-state index in [0.717, 1.165) is 5.56 Å². The van der Waals surface area contributed by atoms with Crippen LogP contribution in [0, 0.1) is 0 Å². The quantitative estimate of drug-likeness (QED) is 0.772. The number of imide groups is 1. The number of benzene rings is 1. The van der Waals surface area contributed by atoms with E-state index < -0.39 is 6.03 Å². The lowest BCUT2D eigenvalue weighted by Gasteiger charge is -2.13. The molecule has 0 saturated carbocycles. The Morgan fingerprint density at radius 3 is 2.33 bits per heavy atom. The van der Waals surface area contributed by atoms with Gasteiger partial charge in [0.1, 0.15) is 0 Å². The highest BCUT2D eigenvalue weighted by molar-refractivity contribution is 5.93. The zero-order chi connectivity index (χ0) is 11.3. The minimum absolute atomic E-state index is 0.120. The fraction of sp³-hybridized carbons (Fsp3) is 0.273. The molecule has 0 unspecified atom stereocenters. The lowest BCUT2D eigenvalue weighted by atomic mass is 10.1. The monoisotopic (exact) mass is 206 g/mol. The van der Waals surface area contributed by atoms with E-state index in [1.54, 1.807) is 0 Å². The second kappa shape index (κ2) is 5.14. The van der Waals surface area contributed by atoms with Crippen molar-refractivity contribution < 1.29 is 9.59 Å². The molecule has 1 aromatic rings. The third-order valence-corrected chi connectivity index (χ3v) is 1.94. The summed E-state index contributed by atoms with van der Waals surface area (Å²) in [7, 11) is 0. The zero-order valence-corrected chi connectivity index (χ0v) is 8.78. The van der Waals surface area contributed by atoms with Crippen molar-refractivity contribution in [3.8, 4) is 0 Å². The van der Waals surface area contributed by atoms with E-state index >= 15 is 0 Å². The number of nitrogens with one attached hydrogen (secondary N) is 2. The molecule has 0 aromatic heterocycles. The summed E-state index contributed by atoms with van der Waals surface area (Å²) < 4.78 is 0. The van der Waals surface area contributed by atoms with Crippen molar-refractivity contribution in [1.82, 2.24) is 10.6 Å². The number of amides is 3. The molecule has 1 atom stereocenters. The summed E-state index contributed by atoms with van der Waals surface area (Å²) in [5.74, 6) is -0.368. The predicted octanol–water partition coefficient (Wildman–Crippen LogP) is 1.59. The van der Waals surface area contributed by atoms with Crippen LogP contribution in [0.4, 0.5) is 4.79 Å². The minimum atomic E-state index is -0.473. The summed E-state index contributed by atoms with van der Waals surface area (Å²) in [4.78, 5) is 21.8. The molecule has 0 saturated heterocycles. The average Bonchev–Trinajstić information content (AvgIpc) is 2.17. The van der Waals surface area contributed by atoms with Crippen molar-refractivity contribution >= 4 is 11.9 Å². The molecule has 15 heavy (non-hydrogen) atoms. The molecule has 0 spiro atoms. The van der Waals surface area contributed by atoms with Gasteiger partial charge in [-0.2, -0.15) is 0 Å². The lowest BCUT2D eigenvalue weighted by molar-refractivity contribution is -0.117. The molecular weight excluding hydrogens is 192 g/mol. The first-order valence-electron chi connectivity index (χ1n) is 4.72. The van der Waals surface area contributed by atoms with Crippen molar-refractivity contribution in [3.05, 3.63) is 35.9 Å². The summed E-state index contributed by atoms with van der Waals surface area (Å²) in [5, 5.41) is 4.81. The van der Waals surface area contributed by atoms with E-state index in [9.17, 15) is 9.59 Å². The Balaban J connectivity index is 2.53. The molecule has 0 aliphatic heterocycles. The molecule has 0 fully saturated rings. The maximum Gasteiger partial charge on any atom is 0.321 e. The van der Waals surface area contributed by atoms with Gasteiger partial charge in [-0.25, -0.2) is 4.79 Å². The van der Waals surface area contributed by atoms with E-state index in [0.29, 0.717) is 0 Å². The van der Waals surface area contributed by atoms with Gasteiger partial charge in [0, 0.05) is 6.92 Å². The number of urea groups is 1. The fourth-order valence-corrected chi connectivity index (χ4v) is 1.22. The number of hydrogen-bond donors (Lipinski definition) is 2. The zero-order valence-electron chi connectivity index (χ0n) is 8.78. The molecule has 0 bridgehead atoms. The van der Waals surface area contributed by atoms with Gasteiger partial charge >= 0.3 is 6.03 Å². The van der Waals surface area contributed by atoms with Crippen LogP contribution in [0.15, 0.2) is 30.3 Å². The van der Waals surface area contributed by atoms with Crippen LogP contribution in [0.5, 0.6) is 0 Å². The van der Waals surface area contributed by atoms with Gasteiger partial charge in [0.15, 0.2) is 0 Å². The molecule has 3 amide bonds. The molecule has 1 rings (SSSR count). The Bertz CT molecular complexity index is 349. The summed E-state index contributed by atoms with van der Waals surface area (Å²) in [6.45, 7) is 3.15. The SMILES string of the molecule is CC(=O)NC(=O)N[C@@H](C)c1ccccc1. The number of rotatable bonds is 2. The largest absolute Gasteiger partial charge is 0.331 e. The third kappa shape index (κ3) is 3.81. The van der Waals surface area contributed by atoms with Crippen LogP contribution in [0.3, 0.4) is 0 Å². The molecule has 0 aliphatic carbocycles. The van der Waals surface area contributed by atoms with Crippen LogP contribution in [-0.2, 0) is 4.79 Å². The van der Waals surface area contributed by atoms with Crippen LogP contribution in [0.2, 0.25) is 0 Å². The van der Waals surface area contributed by atoms with Crippen LogP contribution in [-0.4, -0.2) is 11.9 Å². The van der Waals surface area contributed by atoms with E-state index in [1.165, 1.54) is 6.92 Å². The van der Waals surface area contributed by atoms with Crippen molar-refractivity contribution in [1.29, 1.82) is 0 Å². The number of carbonyl (C=O) groups is 2. The third-order valence-electron chi connectivity index (χ3n) is 1.94.